The van der Waals surface area contributed by atoms with E-state index in [2.05, 4.69) is 6.92 Å². The van der Waals surface area contributed by atoms with Crippen LogP contribution >= 0.6 is 0 Å². The normalized spacial score (nSPS) is 58.1. The van der Waals surface area contributed by atoms with E-state index in [0.717, 1.165) is 38.6 Å². The van der Waals surface area contributed by atoms with Crippen LogP contribution in [0.4, 0.5) is 0 Å². The Morgan fingerprint density at radius 1 is 1.35 bits per heavy atom. The molecule has 0 aromatic rings. The number of hydrogen-bond acceptors (Lipinski definition) is 3. The largest absolute Gasteiger partial charge is 0.633 e. The van der Waals surface area contributed by atoms with Gasteiger partial charge < -0.3 is 15.0 Å². The smallest absolute Gasteiger partial charge is 0.137 e. The molecule has 1 spiro atoms. The summed E-state index contributed by atoms with van der Waals surface area (Å²) >= 11 is 0. The highest BCUT2D eigenvalue weighted by atomic mass is 16.5. The Hall–Kier alpha value is -0.450. The zero-order chi connectivity index (χ0) is 14.1. The van der Waals surface area contributed by atoms with Crippen LogP contribution in [-0.4, -0.2) is 40.8 Å². The number of carbonyl (C=O) groups is 1. The molecular formula is C16H25NO3. The van der Waals surface area contributed by atoms with Gasteiger partial charge in [0.15, 0.2) is 0 Å². The number of ketones is 1. The molecule has 4 heteroatoms. The number of aliphatic hydroxyl groups is 1. The summed E-state index contributed by atoms with van der Waals surface area (Å²) in [7, 11) is 0. The van der Waals surface area contributed by atoms with Crippen molar-refractivity contribution in [3.63, 3.8) is 0 Å². The van der Waals surface area contributed by atoms with Crippen LogP contribution in [0.5, 0.6) is 0 Å². The van der Waals surface area contributed by atoms with Gasteiger partial charge in [0.05, 0.1) is 25.2 Å². The lowest BCUT2D eigenvalue weighted by Crippen LogP contribution is -2.68. The molecule has 20 heavy (non-hydrogen) atoms. The number of aliphatic hydroxyl groups excluding tert-OH is 1. The maximum absolute atomic E-state index is 13.4. The van der Waals surface area contributed by atoms with E-state index in [9.17, 15) is 15.1 Å². The van der Waals surface area contributed by atoms with Gasteiger partial charge >= 0.3 is 0 Å². The molecule has 0 aromatic heterocycles. The van der Waals surface area contributed by atoms with E-state index in [1.54, 1.807) is 0 Å². The first kappa shape index (κ1) is 13.2. The monoisotopic (exact) mass is 279 g/mol. The Bertz CT molecular complexity index is 453. The van der Waals surface area contributed by atoms with Gasteiger partial charge in [-0.05, 0) is 31.6 Å². The summed E-state index contributed by atoms with van der Waals surface area (Å²) in [6.07, 6.45) is 4.64. The van der Waals surface area contributed by atoms with Crippen molar-refractivity contribution in [1.29, 1.82) is 0 Å². The molecule has 2 saturated heterocycles. The minimum absolute atomic E-state index is 0.0543. The van der Waals surface area contributed by atoms with Crippen LogP contribution < -0.4 is 0 Å². The van der Waals surface area contributed by atoms with Crippen molar-refractivity contribution in [2.75, 3.05) is 13.1 Å². The van der Waals surface area contributed by atoms with E-state index in [1.165, 1.54) is 0 Å². The van der Waals surface area contributed by atoms with E-state index >= 15 is 0 Å². The maximum atomic E-state index is 13.4. The van der Waals surface area contributed by atoms with Gasteiger partial charge in [-0.15, -0.1) is 0 Å². The third-order valence-corrected chi connectivity index (χ3v) is 7.10. The second-order valence-corrected chi connectivity index (χ2v) is 7.81. The molecule has 0 amide bonds. The fourth-order valence-corrected chi connectivity index (χ4v) is 6.36. The first-order valence-corrected chi connectivity index (χ1v) is 8.27. The van der Waals surface area contributed by atoms with Crippen molar-refractivity contribution >= 4 is 5.78 Å². The topological polar surface area (TPSA) is 60.4 Å². The van der Waals surface area contributed by atoms with Gasteiger partial charge in [0.25, 0.3) is 0 Å². The number of hydrogen-bond donors (Lipinski definition) is 1. The molecule has 4 rings (SSSR count). The van der Waals surface area contributed by atoms with Crippen molar-refractivity contribution in [3.8, 4) is 0 Å². The molecule has 2 aliphatic heterocycles. The fourth-order valence-electron chi connectivity index (χ4n) is 6.36. The van der Waals surface area contributed by atoms with Crippen molar-refractivity contribution < 1.29 is 14.5 Å². The van der Waals surface area contributed by atoms with Gasteiger partial charge in [0.2, 0.25) is 0 Å². The Morgan fingerprint density at radius 3 is 2.90 bits per heavy atom. The van der Waals surface area contributed by atoms with Gasteiger partial charge in [-0.1, -0.05) is 6.92 Å². The Kier molecular flexibility index (Phi) is 2.68. The van der Waals surface area contributed by atoms with Crippen LogP contribution in [-0.2, 0) is 4.79 Å². The van der Waals surface area contributed by atoms with Gasteiger partial charge in [-0.25, -0.2) is 0 Å². The Balaban J connectivity index is 1.88. The zero-order valence-corrected chi connectivity index (χ0v) is 12.3. The SMILES string of the molecule is CC1CC2[C@]34CCC[N+]2([O-])CCC[C@@H]3C(=O)CC4C1O. The summed E-state index contributed by atoms with van der Waals surface area (Å²) in [5.74, 6) is 0.614. The van der Waals surface area contributed by atoms with Gasteiger partial charge in [-0.3, -0.25) is 4.79 Å². The number of carbonyl (C=O) groups excluding carboxylic acids is 1. The van der Waals surface area contributed by atoms with Crippen molar-refractivity contribution in [2.45, 2.75) is 57.6 Å². The molecule has 2 aliphatic carbocycles. The van der Waals surface area contributed by atoms with Crippen LogP contribution in [0.25, 0.3) is 0 Å². The molecule has 2 heterocycles. The molecular weight excluding hydrogens is 254 g/mol. The molecule has 1 N–H and O–H groups in total. The van der Waals surface area contributed by atoms with Crippen molar-refractivity contribution in [1.82, 2.24) is 0 Å². The minimum Gasteiger partial charge on any atom is -0.633 e. The van der Waals surface area contributed by atoms with E-state index in [-0.39, 0.29) is 40.0 Å². The number of Topliss-reactive ketones (excluding diaryl/α,β-unsaturated/α-hetero) is 1. The van der Waals surface area contributed by atoms with Crippen molar-refractivity contribution in [2.24, 2.45) is 23.2 Å². The first-order valence-electron chi connectivity index (χ1n) is 8.27. The standard InChI is InChI=1S/C16H25NO3/c1-10-8-14-16-5-3-7-17(14,20)6-2-4-11(16)13(18)9-12(16)15(10)19/h10-12,14-15,19H,2-9H2,1H3/t10?,11-,12?,14?,15?,16-,17?/m1/s1. The molecule has 112 valence electrons. The highest BCUT2D eigenvalue weighted by Crippen LogP contribution is 2.64. The molecule has 4 fully saturated rings. The Labute approximate surface area is 120 Å². The van der Waals surface area contributed by atoms with Crippen LogP contribution in [0, 0.1) is 28.4 Å². The minimum atomic E-state index is -0.384. The molecule has 2 saturated carbocycles. The summed E-state index contributed by atoms with van der Waals surface area (Å²) in [6.45, 7) is 3.47. The van der Waals surface area contributed by atoms with Gasteiger partial charge in [-0.2, -0.15) is 0 Å². The van der Waals surface area contributed by atoms with E-state index in [4.69, 9.17) is 0 Å². The second-order valence-electron chi connectivity index (χ2n) is 7.81. The predicted molar refractivity (Wildman–Crippen MR) is 74.4 cm³/mol. The highest BCUT2D eigenvalue weighted by Gasteiger charge is 2.68. The lowest BCUT2D eigenvalue weighted by Gasteiger charge is -2.63. The number of rotatable bonds is 0. The van der Waals surface area contributed by atoms with E-state index in [1.807, 2.05) is 0 Å². The third kappa shape index (κ3) is 1.40. The van der Waals surface area contributed by atoms with Gasteiger partial charge in [0.1, 0.15) is 5.78 Å². The number of piperidine rings is 1. The Morgan fingerprint density at radius 2 is 2.10 bits per heavy atom. The molecule has 5 unspecified atom stereocenters. The summed E-state index contributed by atoms with van der Waals surface area (Å²) in [4.78, 5) is 12.5. The predicted octanol–water partition coefficient (Wildman–Crippen LogP) is 1.85. The van der Waals surface area contributed by atoms with Crippen LogP contribution in [0.2, 0.25) is 0 Å². The number of hydroxylamine groups is 3. The average molecular weight is 279 g/mol. The lowest BCUT2D eigenvalue weighted by atomic mass is 9.54. The molecule has 4 aliphatic rings. The maximum Gasteiger partial charge on any atom is 0.137 e. The zero-order valence-electron chi connectivity index (χ0n) is 12.3. The molecule has 7 atom stereocenters. The molecule has 0 radical (unpaired) electrons. The van der Waals surface area contributed by atoms with Crippen molar-refractivity contribution in [3.05, 3.63) is 5.21 Å². The summed E-state index contributed by atoms with van der Waals surface area (Å²) in [6, 6.07) is 0.0681. The number of nitrogens with zero attached hydrogens (tertiary/aromatic N) is 1. The fraction of sp³-hybridized carbons (Fsp3) is 0.938. The number of quaternary nitrogens is 1. The molecule has 0 aromatic carbocycles. The lowest BCUT2D eigenvalue weighted by molar-refractivity contribution is -0.921. The second kappa shape index (κ2) is 4.05. The third-order valence-electron chi connectivity index (χ3n) is 7.10. The van der Waals surface area contributed by atoms with E-state index < -0.39 is 0 Å². The van der Waals surface area contributed by atoms with Gasteiger partial charge in [0, 0.05) is 30.1 Å². The summed E-state index contributed by atoms with van der Waals surface area (Å²) < 4.78 is -0.0721. The van der Waals surface area contributed by atoms with Crippen LogP contribution in [0.1, 0.15) is 45.4 Å². The molecule has 4 nitrogen and oxygen atoms in total. The average Bonchev–Trinajstić information content (AvgIpc) is 2.64. The molecule has 2 bridgehead atoms. The summed E-state index contributed by atoms with van der Waals surface area (Å²) in [5.41, 5.74) is -0.167. The van der Waals surface area contributed by atoms with Crippen LogP contribution in [0.15, 0.2) is 0 Å². The quantitative estimate of drug-likeness (QED) is 0.544. The first-order chi connectivity index (χ1) is 9.49. The van der Waals surface area contributed by atoms with Crippen LogP contribution in [0.3, 0.4) is 0 Å². The summed E-state index contributed by atoms with van der Waals surface area (Å²) in [5, 5.41) is 24.0. The van der Waals surface area contributed by atoms with E-state index in [0.29, 0.717) is 18.7 Å². The highest BCUT2D eigenvalue weighted by molar-refractivity contribution is 5.85.